The highest BCUT2D eigenvalue weighted by molar-refractivity contribution is 6.34. The summed E-state index contributed by atoms with van der Waals surface area (Å²) in [6, 6.07) is 10.6. The minimum Gasteiger partial charge on any atom is -0.495 e. The average Bonchev–Trinajstić information content (AvgIpc) is 2.68. The number of nitrogens with one attached hydrogen (secondary N) is 2. The van der Waals surface area contributed by atoms with E-state index < -0.39 is 0 Å². The zero-order valence-corrected chi connectivity index (χ0v) is 17.0. The van der Waals surface area contributed by atoms with Crippen LogP contribution in [0, 0.1) is 0 Å². The SMILES string of the molecule is CC[NH+]1CCN(c2ccc(NC(=O)c3ccc(OC)c(Cl)c3)cc2Cl)CC1. The number of benzene rings is 2. The molecule has 0 aromatic heterocycles. The van der Waals surface area contributed by atoms with Crippen molar-refractivity contribution in [3.05, 3.63) is 52.0 Å². The molecule has 7 heteroatoms. The number of piperazine rings is 1. The van der Waals surface area contributed by atoms with Gasteiger partial charge in [0.15, 0.2) is 0 Å². The van der Waals surface area contributed by atoms with Crippen LogP contribution in [0.25, 0.3) is 0 Å². The van der Waals surface area contributed by atoms with Crippen LogP contribution in [0.3, 0.4) is 0 Å². The van der Waals surface area contributed by atoms with Crippen molar-refractivity contribution in [3.8, 4) is 5.75 Å². The number of hydrogen-bond acceptors (Lipinski definition) is 3. The second-order valence-corrected chi connectivity index (χ2v) is 7.37. The molecule has 2 aromatic carbocycles. The third-order valence-electron chi connectivity index (χ3n) is 4.93. The van der Waals surface area contributed by atoms with Gasteiger partial charge in [0.2, 0.25) is 0 Å². The molecule has 0 radical (unpaired) electrons. The third-order valence-corrected chi connectivity index (χ3v) is 5.53. The summed E-state index contributed by atoms with van der Waals surface area (Å²) in [5, 5.41) is 3.90. The number of carbonyl (C=O) groups excluding carboxylic acids is 1. The van der Waals surface area contributed by atoms with Gasteiger partial charge < -0.3 is 19.9 Å². The number of rotatable bonds is 5. The number of carbonyl (C=O) groups is 1. The third kappa shape index (κ3) is 4.67. The first-order valence-corrected chi connectivity index (χ1v) is 9.80. The second-order valence-electron chi connectivity index (χ2n) is 6.56. The quantitative estimate of drug-likeness (QED) is 0.799. The van der Waals surface area contributed by atoms with Gasteiger partial charge in [-0.3, -0.25) is 4.79 Å². The van der Waals surface area contributed by atoms with Crippen molar-refractivity contribution >= 4 is 40.5 Å². The molecule has 0 saturated carbocycles. The molecule has 3 rings (SSSR count). The van der Waals surface area contributed by atoms with E-state index >= 15 is 0 Å². The molecule has 5 nitrogen and oxygen atoms in total. The Morgan fingerprint density at radius 2 is 1.89 bits per heavy atom. The molecular formula is C20H24Cl2N3O2+. The number of nitrogens with zero attached hydrogens (tertiary/aromatic N) is 1. The van der Waals surface area contributed by atoms with E-state index in [0.717, 1.165) is 38.4 Å². The second kappa shape index (κ2) is 8.83. The number of anilines is 2. The van der Waals surface area contributed by atoms with Crippen molar-refractivity contribution in [1.82, 2.24) is 0 Å². The summed E-state index contributed by atoms with van der Waals surface area (Å²) >= 11 is 12.6. The first-order valence-electron chi connectivity index (χ1n) is 9.04. The molecule has 1 heterocycles. The number of halogens is 2. The van der Waals surface area contributed by atoms with Crippen molar-refractivity contribution in [1.29, 1.82) is 0 Å². The van der Waals surface area contributed by atoms with Gasteiger partial charge in [-0.2, -0.15) is 0 Å². The summed E-state index contributed by atoms with van der Waals surface area (Å²) in [7, 11) is 1.54. The van der Waals surface area contributed by atoms with Crippen LogP contribution in [0.2, 0.25) is 10.0 Å². The van der Waals surface area contributed by atoms with Crippen molar-refractivity contribution in [2.45, 2.75) is 6.92 Å². The molecule has 2 N–H and O–H groups in total. The van der Waals surface area contributed by atoms with Crippen molar-refractivity contribution < 1.29 is 14.4 Å². The van der Waals surface area contributed by atoms with Gasteiger partial charge in [-0.15, -0.1) is 0 Å². The lowest BCUT2D eigenvalue weighted by atomic mass is 10.2. The normalized spacial score (nSPS) is 14.9. The standard InChI is InChI=1S/C20H23Cl2N3O2/c1-3-24-8-10-25(11-9-24)18-6-5-15(13-16(18)21)23-20(26)14-4-7-19(27-2)17(22)12-14/h4-7,12-13H,3,8-11H2,1-2H3,(H,23,26)/p+1. The highest BCUT2D eigenvalue weighted by atomic mass is 35.5. The van der Waals surface area contributed by atoms with Gasteiger partial charge >= 0.3 is 0 Å². The maximum Gasteiger partial charge on any atom is 0.255 e. The molecule has 1 fully saturated rings. The van der Waals surface area contributed by atoms with Crippen LogP contribution < -0.4 is 19.9 Å². The molecule has 0 aliphatic carbocycles. The highest BCUT2D eigenvalue weighted by Crippen LogP contribution is 2.30. The minimum atomic E-state index is -0.247. The highest BCUT2D eigenvalue weighted by Gasteiger charge is 2.20. The molecule has 1 aliphatic heterocycles. The Labute approximate surface area is 169 Å². The Morgan fingerprint density at radius 1 is 1.15 bits per heavy atom. The minimum absolute atomic E-state index is 0.247. The topological polar surface area (TPSA) is 46.0 Å². The number of methoxy groups -OCH3 is 1. The van der Waals surface area contributed by atoms with Gasteiger partial charge in [0.1, 0.15) is 5.75 Å². The predicted octanol–water partition coefficient (Wildman–Crippen LogP) is 2.98. The average molecular weight is 409 g/mol. The molecule has 0 spiro atoms. The van der Waals surface area contributed by atoms with Gasteiger partial charge in [0.25, 0.3) is 5.91 Å². The van der Waals surface area contributed by atoms with E-state index in [4.69, 9.17) is 27.9 Å². The Kier molecular flexibility index (Phi) is 6.47. The molecule has 0 unspecified atom stereocenters. The van der Waals surface area contributed by atoms with E-state index in [1.54, 1.807) is 29.2 Å². The zero-order valence-electron chi connectivity index (χ0n) is 15.5. The smallest absolute Gasteiger partial charge is 0.255 e. The number of likely N-dealkylation sites (N-methyl/N-ethyl adjacent to an activating group) is 1. The van der Waals surface area contributed by atoms with Crippen LogP contribution in [0.4, 0.5) is 11.4 Å². The summed E-state index contributed by atoms with van der Waals surface area (Å²) in [6.07, 6.45) is 0. The summed E-state index contributed by atoms with van der Waals surface area (Å²) in [4.78, 5) is 16.4. The van der Waals surface area contributed by atoms with Crippen molar-refractivity contribution in [2.75, 3.05) is 50.1 Å². The lowest BCUT2D eigenvalue weighted by Crippen LogP contribution is -3.14. The van der Waals surface area contributed by atoms with Gasteiger partial charge in [0, 0.05) is 11.3 Å². The monoisotopic (exact) mass is 408 g/mol. The van der Waals surface area contributed by atoms with E-state index in [1.165, 1.54) is 7.11 Å². The first kappa shape index (κ1) is 19.8. The van der Waals surface area contributed by atoms with Crippen LogP contribution in [0.1, 0.15) is 17.3 Å². The Morgan fingerprint density at radius 3 is 2.48 bits per heavy atom. The lowest BCUT2D eigenvalue weighted by Gasteiger charge is -2.33. The van der Waals surface area contributed by atoms with E-state index in [9.17, 15) is 4.79 Å². The van der Waals surface area contributed by atoms with Crippen molar-refractivity contribution in [3.63, 3.8) is 0 Å². The Hall–Kier alpha value is -1.95. The number of hydrogen-bond donors (Lipinski definition) is 2. The van der Waals surface area contributed by atoms with E-state index in [2.05, 4.69) is 17.1 Å². The largest absolute Gasteiger partial charge is 0.495 e. The fourth-order valence-electron chi connectivity index (χ4n) is 3.27. The van der Waals surface area contributed by atoms with Gasteiger partial charge in [-0.25, -0.2) is 0 Å². The van der Waals surface area contributed by atoms with E-state index in [-0.39, 0.29) is 5.91 Å². The fourth-order valence-corrected chi connectivity index (χ4v) is 3.83. The van der Waals surface area contributed by atoms with Gasteiger partial charge in [-0.1, -0.05) is 23.2 Å². The Balaban J connectivity index is 1.68. The first-order chi connectivity index (χ1) is 13.0. The van der Waals surface area contributed by atoms with E-state index in [1.807, 2.05) is 12.1 Å². The fraction of sp³-hybridized carbons (Fsp3) is 0.350. The molecular weight excluding hydrogens is 385 g/mol. The number of ether oxygens (including phenoxy) is 1. The van der Waals surface area contributed by atoms with Gasteiger partial charge in [0.05, 0.1) is 55.6 Å². The van der Waals surface area contributed by atoms with Crippen LogP contribution in [-0.4, -0.2) is 45.7 Å². The van der Waals surface area contributed by atoms with E-state index in [0.29, 0.717) is 27.0 Å². The molecule has 27 heavy (non-hydrogen) atoms. The maximum atomic E-state index is 12.5. The number of amides is 1. The van der Waals surface area contributed by atoms with Crippen LogP contribution in [0.5, 0.6) is 5.75 Å². The molecule has 1 amide bonds. The van der Waals surface area contributed by atoms with Gasteiger partial charge in [-0.05, 0) is 43.3 Å². The summed E-state index contributed by atoms with van der Waals surface area (Å²) in [5.74, 6) is 0.286. The molecule has 144 valence electrons. The molecule has 1 saturated heterocycles. The number of quaternary nitrogens is 1. The van der Waals surface area contributed by atoms with Crippen LogP contribution in [-0.2, 0) is 0 Å². The summed E-state index contributed by atoms with van der Waals surface area (Å²) in [5.41, 5.74) is 2.12. The molecule has 0 atom stereocenters. The summed E-state index contributed by atoms with van der Waals surface area (Å²) in [6.45, 7) is 7.57. The Bertz CT molecular complexity index is 821. The van der Waals surface area contributed by atoms with Crippen molar-refractivity contribution in [2.24, 2.45) is 0 Å². The summed E-state index contributed by atoms with van der Waals surface area (Å²) < 4.78 is 5.11. The predicted molar refractivity (Wildman–Crippen MR) is 111 cm³/mol. The van der Waals surface area contributed by atoms with Crippen LogP contribution in [0.15, 0.2) is 36.4 Å². The maximum absolute atomic E-state index is 12.5. The van der Waals surface area contributed by atoms with Crippen LogP contribution >= 0.6 is 23.2 Å². The molecule has 1 aliphatic rings. The lowest BCUT2D eigenvalue weighted by molar-refractivity contribution is -0.898. The molecule has 2 aromatic rings. The molecule has 0 bridgehead atoms. The zero-order chi connectivity index (χ0) is 19.4.